The van der Waals surface area contributed by atoms with Gasteiger partial charge in [-0.3, -0.25) is 5.43 Å². The summed E-state index contributed by atoms with van der Waals surface area (Å²) >= 11 is 7.94. The van der Waals surface area contributed by atoms with Gasteiger partial charge in [0.2, 0.25) is 0 Å². The molecule has 0 bridgehead atoms. The van der Waals surface area contributed by atoms with Gasteiger partial charge in [0.05, 0.1) is 6.21 Å². The van der Waals surface area contributed by atoms with Gasteiger partial charge in [0.15, 0.2) is 10.9 Å². The fourth-order valence-corrected chi connectivity index (χ4v) is 3.02. The first-order chi connectivity index (χ1) is 10.9. The number of benzene rings is 2. The van der Waals surface area contributed by atoms with Gasteiger partial charge in [-0.2, -0.15) is 13.5 Å². The molecular formula is C14H12BrN3O3S2. The Bertz CT molecular complexity index is 840. The molecule has 2 rings (SSSR count). The van der Waals surface area contributed by atoms with Crippen LogP contribution in [-0.4, -0.2) is 19.7 Å². The van der Waals surface area contributed by atoms with Gasteiger partial charge in [-0.25, -0.2) is 0 Å². The minimum absolute atomic E-state index is 0.00405. The lowest BCUT2D eigenvalue weighted by Gasteiger charge is -2.09. The predicted molar refractivity (Wildman–Crippen MR) is 95.9 cm³/mol. The van der Waals surface area contributed by atoms with Crippen LogP contribution in [0.4, 0.5) is 0 Å². The minimum atomic E-state index is -3.94. The Morgan fingerprint density at radius 3 is 2.61 bits per heavy atom. The van der Waals surface area contributed by atoms with Crippen molar-refractivity contribution in [2.24, 2.45) is 10.8 Å². The molecule has 0 aliphatic rings. The normalized spacial score (nSPS) is 11.3. The largest absolute Gasteiger partial charge is 0.378 e. The minimum Gasteiger partial charge on any atom is -0.378 e. The van der Waals surface area contributed by atoms with Crippen molar-refractivity contribution >= 4 is 49.6 Å². The lowest BCUT2D eigenvalue weighted by molar-refractivity contribution is 0.485. The number of nitrogens with zero attached hydrogens (tertiary/aromatic N) is 1. The molecule has 0 amide bonds. The Morgan fingerprint density at radius 2 is 1.96 bits per heavy atom. The first kappa shape index (κ1) is 17.4. The molecule has 2 aromatic carbocycles. The van der Waals surface area contributed by atoms with Crippen molar-refractivity contribution in [1.29, 1.82) is 0 Å². The number of nitrogens with two attached hydrogens (primary N) is 1. The highest BCUT2D eigenvalue weighted by atomic mass is 79.9. The second-order valence-electron chi connectivity index (χ2n) is 4.27. The standard InChI is InChI=1S/C14H12BrN3O3S2/c15-11-6-7-13(10(8-11)9-17-18-14(16)22)21-23(19,20)12-4-2-1-3-5-12/h1-9H,(H3,16,18,22)/b17-9-. The quantitative estimate of drug-likeness (QED) is 0.338. The number of thiocarbonyl (C=S) groups is 1. The van der Waals surface area contributed by atoms with E-state index in [4.69, 9.17) is 9.92 Å². The lowest BCUT2D eigenvalue weighted by Crippen LogP contribution is -2.24. The number of halogens is 1. The van der Waals surface area contributed by atoms with Crippen molar-refractivity contribution < 1.29 is 12.6 Å². The van der Waals surface area contributed by atoms with Crippen molar-refractivity contribution in [2.45, 2.75) is 4.90 Å². The van der Waals surface area contributed by atoms with E-state index in [0.29, 0.717) is 5.56 Å². The van der Waals surface area contributed by atoms with Gasteiger partial charge in [0.25, 0.3) is 0 Å². The summed E-state index contributed by atoms with van der Waals surface area (Å²) in [7, 11) is -3.94. The summed E-state index contributed by atoms with van der Waals surface area (Å²) in [6.45, 7) is 0. The Kier molecular flexibility index (Phi) is 5.69. The molecule has 0 heterocycles. The third kappa shape index (κ3) is 5.02. The van der Waals surface area contributed by atoms with Gasteiger partial charge >= 0.3 is 10.1 Å². The predicted octanol–water partition coefficient (Wildman–Crippen LogP) is 2.38. The van der Waals surface area contributed by atoms with Gasteiger partial charge in [-0.05, 0) is 42.5 Å². The van der Waals surface area contributed by atoms with Crippen molar-refractivity contribution in [3.8, 4) is 5.75 Å². The monoisotopic (exact) mass is 413 g/mol. The molecule has 9 heteroatoms. The summed E-state index contributed by atoms with van der Waals surface area (Å²) in [6, 6.07) is 12.7. The molecule has 0 aromatic heterocycles. The van der Waals surface area contributed by atoms with Crippen molar-refractivity contribution in [3.05, 3.63) is 58.6 Å². The van der Waals surface area contributed by atoms with Crippen LogP contribution >= 0.6 is 28.1 Å². The zero-order chi connectivity index (χ0) is 16.9. The molecule has 0 saturated carbocycles. The number of hydrogen-bond donors (Lipinski definition) is 2. The first-order valence-corrected chi connectivity index (χ1v) is 8.87. The smallest absolute Gasteiger partial charge is 0.339 e. The summed E-state index contributed by atoms with van der Waals surface area (Å²) in [5.74, 6) is 0.130. The maximum atomic E-state index is 12.3. The van der Waals surface area contributed by atoms with E-state index in [-0.39, 0.29) is 15.8 Å². The lowest BCUT2D eigenvalue weighted by atomic mass is 10.2. The molecule has 0 aliphatic heterocycles. The van der Waals surface area contributed by atoms with Gasteiger partial charge < -0.3 is 9.92 Å². The number of hydrazone groups is 1. The van der Waals surface area contributed by atoms with E-state index in [2.05, 4.69) is 38.7 Å². The SMILES string of the molecule is NC(=S)N/N=C\c1cc(Br)ccc1OS(=O)(=O)c1ccccc1. The van der Waals surface area contributed by atoms with E-state index in [1.54, 1.807) is 30.3 Å². The zero-order valence-corrected chi connectivity index (χ0v) is 14.9. The second kappa shape index (κ2) is 7.53. The molecule has 2 aromatic rings. The third-order valence-electron chi connectivity index (χ3n) is 2.58. The molecular weight excluding hydrogens is 402 g/mol. The summed E-state index contributed by atoms with van der Waals surface area (Å²) < 4.78 is 30.5. The van der Waals surface area contributed by atoms with E-state index in [1.165, 1.54) is 24.4 Å². The van der Waals surface area contributed by atoms with E-state index < -0.39 is 10.1 Å². The van der Waals surface area contributed by atoms with Crippen molar-refractivity contribution in [1.82, 2.24) is 5.43 Å². The second-order valence-corrected chi connectivity index (χ2v) is 7.17. The first-order valence-electron chi connectivity index (χ1n) is 6.26. The molecule has 0 spiro atoms. The topological polar surface area (TPSA) is 93.8 Å². The number of hydrogen-bond acceptors (Lipinski definition) is 5. The molecule has 0 atom stereocenters. The Hall–Kier alpha value is -1.97. The van der Waals surface area contributed by atoms with Crippen LogP contribution in [0.1, 0.15) is 5.56 Å². The van der Waals surface area contributed by atoms with Crippen LogP contribution in [0.15, 0.2) is 63.0 Å². The Balaban J connectivity index is 2.33. The van der Waals surface area contributed by atoms with Crippen LogP contribution in [0, 0.1) is 0 Å². The maximum Gasteiger partial charge on any atom is 0.339 e. The van der Waals surface area contributed by atoms with Crippen LogP contribution in [0.3, 0.4) is 0 Å². The van der Waals surface area contributed by atoms with Crippen molar-refractivity contribution in [3.63, 3.8) is 0 Å². The molecule has 23 heavy (non-hydrogen) atoms. The molecule has 0 saturated heterocycles. The van der Waals surface area contributed by atoms with Crippen LogP contribution in [0.5, 0.6) is 5.75 Å². The highest BCUT2D eigenvalue weighted by Crippen LogP contribution is 2.25. The molecule has 0 fully saturated rings. The Labute approximate surface area is 147 Å². The summed E-state index contributed by atoms with van der Waals surface area (Å²) in [4.78, 5) is 0.0621. The zero-order valence-electron chi connectivity index (χ0n) is 11.6. The van der Waals surface area contributed by atoms with E-state index in [1.807, 2.05) is 0 Å². The molecule has 0 unspecified atom stereocenters. The van der Waals surface area contributed by atoms with Gasteiger partial charge in [-0.1, -0.05) is 34.1 Å². The summed E-state index contributed by atoms with van der Waals surface area (Å²) in [5, 5.41) is 3.80. The highest BCUT2D eigenvalue weighted by Gasteiger charge is 2.17. The average molecular weight is 414 g/mol. The van der Waals surface area contributed by atoms with Crippen LogP contribution in [-0.2, 0) is 10.1 Å². The van der Waals surface area contributed by atoms with Gasteiger partial charge in [0.1, 0.15) is 4.90 Å². The van der Waals surface area contributed by atoms with Gasteiger partial charge in [-0.15, -0.1) is 0 Å². The highest BCUT2D eigenvalue weighted by molar-refractivity contribution is 9.10. The van der Waals surface area contributed by atoms with E-state index in [9.17, 15) is 8.42 Å². The van der Waals surface area contributed by atoms with Crippen LogP contribution in [0.25, 0.3) is 0 Å². The molecule has 0 aliphatic carbocycles. The number of nitrogens with one attached hydrogen (secondary N) is 1. The molecule has 3 N–H and O–H groups in total. The van der Waals surface area contributed by atoms with E-state index >= 15 is 0 Å². The van der Waals surface area contributed by atoms with Crippen LogP contribution in [0.2, 0.25) is 0 Å². The summed E-state index contributed by atoms with van der Waals surface area (Å²) in [6.07, 6.45) is 1.36. The molecule has 120 valence electrons. The van der Waals surface area contributed by atoms with Crippen LogP contribution < -0.4 is 15.3 Å². The third-order valence-corrected chi connectivity index (χ3v) is 4.41. The molecule has 0 radical (unpaired) electrons. The van der Waals surface area contributed by atoms with E-state index in [0.717, 1.165) is 4.47 Å². The Morgan fingerprint density at radius 1 is 1.26 bits per heavy atom. The van der Waals surface area contributed by atoms with Gasteiger partial charge in [0, 0.05) is 10.0 Å². The average Bonchev–Trinajstić information content (AvgIpc) is 2.50. The number of rotatable bonds is 5. The maximum absolute atomic E-state index is 12.3. The molecule has 6 nitrogen and oxygen atoms in total. The summed E-state index contributed by atoms with van der Waals surface area (Å²) in [5.41, 5.74) is 8.10. The fourth-order valence-electron chi connectivity index (χ4n) is 1.62. The fraction of sp³-hybridized carbons (Fsp3) is 0. The van der Waals surface area contributed by atoms with Crippen molar-refractivity contribution in [2.75, 3.05) is 0 Å².